The van der Waals surface area contributed by atoms with E-state index in [1.54, 1.807) is 22.9 Å². The molecule has 3 aromatic rings. The Bertz CT molecular complexity index is 976. The van der Waals surface area contributed by atoms with Gasteiger partial charge in [-0.25, -0.2) is 9.67 Å². The first-order valence-electron chi connectivity index (χ1n) is 7.89. The van der Waals surface area contributed by atoms with Crippen LogP contribution in [0.25, 0.3) is 5.82 Å². The van der Waals surface area contributed by atoms with Crippen molar-refractivity contribution in [2.24, 2.45) is 0 Å². The summed E-state index contributed by atoms with van der Waals surface area (Å²) < 4.78 is 27.2. The molecule has 0 spiro atoms. The zero-order valence-electron chi connectivity index (χ0n) is 14.4. The average molecular weight is 409 g/mol. The van der Waals surface area contributed by atoms with Crippen molar-refractivity contribution in [1.29, 1.82) is 0 Å². The van der Waals surface area contributed by atoms with Crippen LogP contribution in [0.2, 0.25) is 5.02 Å². The number of thioether (sulfide) groups is 1. The molecule has 0 unspecified atom stereocenters. The second-order valence-electron chi connectivity index (χ2n) is 5.69. The number of alkyl halides is 2. The third-order valence-corrected chi connectivity index (χ3v) is 4.94. The van der Waals surface area contributed by atoms with Gasteiger partial charge in [0.1, 0.15) is 0 Å². The summed E-state index contributed by atoms with van der Waals surface area (Å²) in [7, 11) is 0. The molecule has 0 atom stereocenters. The van der Waals surface area contributed by atoms with Crippen LogP contribution in [-0.4, -0.2) is 26.4 Å². The van der Waals surface area contributed by atoms with Crippen LogP contribution in [0, 0.1) is 13.8 Å². The number of hydrogen-bond donors (Lipinski definition) is 1. The number of aryl methyl sites for hydroxylation is 2. The molecule has 9 heteroatoms. The van der Waals surface area contributed by atoms with Gasteiger partial charge < -0.3 is 5.32 Å². The number of anilines is 1. The van der Waals surface area contributed by atoms with Gasteiger partial charge in [0.15, 0.2) is 5.82 Å². The molecule has 0 saturated heterocycles. The monoisotopic (exact) mass is 408 g/mol. The van der Waals surface area contributed by atoms with E-state index in [4.69, 9.17) is 11.6 Å². The van der Waals surface area contributed by atoms with Crippen LogP contribution in [-0.2, 0) is 0 Å². The number of nitrogens with zero attached hydrogens (tertiary/aromatic N) is 3. The molecule has 27 heavy (non-hydrogen) atoms. The molecule has 0 radical (unpaired) electrons. The molecule has 0 saturated carbocycles. The number of hydrogen-bond acceptors (Lipinski definition) is 4. The first-order valence-corrected chi connectivity index (χ1v) is 9.15. The summed E-state index contributed by atoms with van der Waals surface area (Å²) in [6.45, 7) is 3.79. The first-order chi connectivity index (χ1) is 12.8. The van der Waals surface area contributed by atoms with Gasteiger partial charge in [-0.1, -0.05) is 29.4 Å². The largest absolute Gasteiger partial charge is 0.321 e. The van der Waals surface area contributed by atoms with Gasteiger partial charge in [0.05, 0.1) is 26.9 Å². The fraction of sp³-hybridized carbons (Fsp3) is 0.167. The first kappa shape index (κ1) is 19.3. The Morgan fingerprint density at radius 1 is 1.26 bits per heavy atom. The Balaban J connectivity index is 1.81. The fourth-order valence-corrected chi connectivity index (χ4v) is 3.43. The van der Waals surface area contributed by atoms with Crippen LogP contribution in [0.5, 0.6) is 0 Å². The van der Waals surface area contributed by atoms with Crippen molar-refractivity contribution in [2.75, 3.05) is 5.32 Å². The van der Waals surface area contributed by atoms with Crippen molar-refractivity contribution in [3.63, 3.8) is 0 Å². The van der Waals surface area contributed by atoms with Crippen molar-refractivity contribution in [1.82, 2.24) is 14.8 Å². The topological polar surface area (TPSA) is 59.8 Å². The molecule has 2 aromatic heterocycles. The predicted octanol–water partition coefficient (Wildman–Crippen LogP) is 5.10. The second-order valence-corrected chi connectivity index (χ2v) is 7.10. The maximum atomic E-state index is 12.8. The number of nitrogens with one attached hydrogen (secondary N) is 1. The van der Waals surface area contributed by atoms with Gasteiger partial charge in [-0.2, -0.15) is 13.9 Å². The van der Waals surface area contributed by atoms with Gasteiger partial charge in [-0.15, -0.1) is 0 Å². The van der Waals surface area contributed by atoms with Crippen LogP contribution >= 0.6 is 23.4 Å². The molecular formula is C18H15ClF2N4OS. The highest BCUT2D eigenvalue weighted by Gasteiger charge is 2.16. The molecule has 0 aliphatic heterocycles. The van der Waals surface area contributed by atoms with E-state index < -0.39 is 11.7 Å². The molecule has 0 aliphatic rings. The Kier molecular flexibility index (Phi) is 5.76. The molecule has 0 bridgehead atoms. The summed E-state index contributed by atoms with van der Waals surface area (Å²) in [6, 6.07) is 9.78. The number of amides is 1. The van der Waals surface area contributed by atoms with Gasteiger partial charge in [-0.3, -0.25) is 4.79 Å². The Labute approximate surface area is 163 Å². The van der Waals surface area contributed by atoms with E-state index in [0.29, 0.717) is 5.82 Å². The SMILES string of the molecule is Cc1cc(C)n(-c2ccc(C(=O)Nc3cccc(Cl)c3SC(F)F)cn2)n1. The molecule has 0 aliphatic carbocycles. The quantitative estimate of drug-likeness (QED) is 0.596. The maximum Gasteiger partial charge on any atom is 0.289 e. The van der Waals surface area contributed by atoms with E-state index in [9.17, 15) is 13.6 Å². The van der Waals surface area contributed by atoms with E-state index in [0.717, 1.165) is 11.4 Å². The van der Waals surface area contributed by atoms with Gasteiger partial charge in [0, 0.05) is 11.9 Å². The van der Waals surface area contributed by atoms with Crippen molar-refractivity contribution in [3.8, 4) is 5.82 Å². The van der Waals surface area contributed by atoms with Crippen LogP contribution < -0.4 is 5.32 Å². The highest BCUT2D eigenvalue weighted by molar-refractivity contribution is 7.99. The van der Waals surface area contributed by atoms with Crippen LogP contribution in [0.1, 0.15) is 21.7 Å². The standard InChI is InChI=1S/C18H15ClF2N4OS/c1-10-8-11(2)25(24-10)15-7-6-12(9-22-15)17(26)23-14-5-3-4-13(19)16(14)27-18(20)21/h3-9,18H,1-2H3,(H,23,26). The highest BCUT2D eigenvalue weighted by atomic mass is 35.5. The minimum atomic E-state index is -2.65. The molecule has 2 heterocycles. The molecular weight excluding hydrogens is 394 g/mol. The molecule has 5 nitrogen and oxygen atoms in total. The summed E-state index contributed by atoms with van der Waals surface area (Å²) in [4.78, 5) is 16.9. The molecule has 0 fully saturated rings. The number of pyridine rings is 1. The molecule has 1 amide bonds. The number of aromatic nitrogens is 3. The van der Waals surface area contributed by atoms with E-state index >= 15 is 0 Å². The number of carbonyl (C=O) groups excluding carboxylic acids is 1. The summed E-state index contributed by atoms with van der Waals surface area (Å²) in [5.74, 6) is -2.54. The van der Waals surface area contributed by atoms with Gasteiger partial charge in [-0.05, 0) is 44.2 Å². The van der Waals surface area contributed by atoms with Gasteiger partial charge >= 0.3 is 0 Å². The molecule has 1 N–H and O–H groups in total. The zero-order chi connectivity index (χ0) is 19.6. The van der Waals surface area contributed by atoms with Crippen molar-refractivity contribution < 1.29 is 13.6 Å². The number of halogens is 3. The van der Waals surface area contributed by atoms with Crippen molar-refractivity contribution >= 4 is 35.0 Å². The number of carbonyl (C=O) groups is 1. The van der Waals surface area contributed by atoms with Crippen molar-refractivity contribution in [3.05, 3.63) is 64.6 Å². The fourth-order valence-electron chi connectivity index (χ4n) is 2.52. The van der Waals surface area contributed by atoms with Crippen LogP contribution in [0.4, 0.5) is 14.5 Å². The highest BCUT2D eigenvalue weighted by Crippen LogP contribution is 2.37. The van der Waals surface area contributed by atoms with Crippen LogP contribution in [0.15, 0.2) is 47.5 Å². The predicted molar refractivity (Wildman–Crippen MR) is 102 cm³/mol. The normalized spacial score (nSPS) is 11.0. The van der Waals surface area contributed by atoms with E-state index in [2.05, 4.69) is 15.4 Å². The Morgan fingerprint density at radius 3 is 2.63 bits per heavy atom. The van der Waals surface area contributed by atoms with E-state index in [-0.39, 0.29) is 32.9 Å². The summed E-state index contributed by atoms with van der Waals surface area (Å²) in [6.07, 6.45) is 1.41. The lowest BCUT2D eigenvalue weighted by molar-refractivity contribution is 0.102. The van der Waals surface area contributed by atoms with Crippen molar-refractivity contribution in [2.45, 2.75) is 24.5 Å². The summed E-state index contributed by atoms with van der Waals surface area (Å²) in [5.41, 5.74) is 2.29. The number of benzene rings is 1. The van der Waals surface area contributed by atoms with Gasteiger partial charge in [0.2, 0.25) is 0 Å². The third-order valence-electron chi connectivity index (χ3n) is 3.66. The zero-order valence-corrected chi connectivity index (χ0v) is 16.0. The smallest absolute Gasteiger partial charge is 0.289 e. The number of rotatable bonds is 5. The Hall–Kier alpha value is -2.45. The summed E-state index contributed by atoms with van der Waals surface area (Å²) in [5, 5.41) is 7.09. The lowest BCUT2D eigenvalue weighted by Crippen LogP contribution is -2.13. The minimum Gasteiger partial charge on any atom is -0.321 e. The van der Waals surface area contributed by atoms with Gasteiger partial charge in [0.25, 0.3) is 11.7 Å². The van der Waals surface area contributed by atoms with Crippen LogP contribution in [0.3, 0.4) is 0 Å². The molecule has 1 aromatic carbocycles. The second kappa shape index (κ2) is 8.06. The Morgan fingerprint density at radius 2 is 2.04 bits per heavy atom. The third kappa shape index (κ3) is 4.45. The molecule has 140 valence electrons. The maximum absolute atomic E-state index is 12.8. The molecule has 3 rings (SSSR count). The average Bonchev–Trinajstić information content (AvgIpc) is 2.96. The lowest BCUT2D eigenvalue weighted by Gasteiger charge is -2.12. The van der Waals surface area contributed by atoms with E-state index in [1.165, 1.54) is 18.3 Å². The summed E-state index contributed by atoms with van der Waals surface area (Å²) >= 11 is 6.27. The van der Waals surface area contributed by atoms with E-state index in [1.807, 2.05) is 19.9 Å². The minimum absolute atomic E-state index is 0.120. The lowest BCUT2D eigenvalue weighted by atomic mass is 10.2.